The Morgan fingerprint density at radius 2 is 2.12 bits per heavy atom. The van der Waals surface area contributed by atoms with Gasteiger partial charge in [-0.05, 0) is 56.2 Å². The summed E-state index contributed by atoms with van der Waals surface area (Å²) in [6, 6.07) is 7.93. The summed E-state index contributed by atoms with van der Waals surface area (Å²) in [5.74, 6) is 2.11. The van der Waals surface area contributed by atoms with E-state index in [9.17, 15) is 0 Å². The highest BCUT2D eigenvalue weighted by molar-refractivity contribution is 5.39. The molecule has 4 rings (SSSR count). The molecule has 1 aromatic carbocycles. The van der Waals surface area contributed by atoms with E-state index >= 15 is 0 Å². The maximum absolute atomic E-state index is 5.83. The van der Waals surface area contributed by atoms with Crippen LogP contribution in [0.15, 0.2) is 36.7 Å². The van der Waals surface area contributed by atoms with E-state index in [1.807, 2.05) is 36.7 Å². The highest BCUT2D eigenvalue weighted by Gasteiger charge is 2.32. The van der Waals surface area contributed by atoms with Gasteiger partial charge in [-0.2, -0.15) is 5.21 Å². The molecule has 0 aliphatic carbocycles. The zero-order valence-electron chi connectivity index (χ0n) is 14.2. The van der Waals surface area contributed by atoms with Crippen molar-refractivity contribution in [1.82, 2.24) is 30.2 Å². The van der Waals surface area contributed by atoms with E-state index in [0.717, 1.165) is 31.0 Å². The van der Waals surface area contributed by atoms with Crippen molar-refractivity contribution in [2.75, 3.05) is 6.61 Å². The van der Waals surface area contributed by atoms with Crippen molar-refractivity contribution in [2.45, 2.75) is 38.2 Å². The summed E-state index contributed by atoms with van der Waals surface area (Å²) in [5, 5.41) is 13.4. The number of ether oxygens (including phenoxy) is 2. The number of aromatic amines is 1. The van der Waals surface area contributed by atoms with Crippen molar-refractivity contribution < 1.29 is 9.47 Å². The second kappa shape index (κ2) is 6.29. The summed E-state index contributed by atoms with van der Waals surface area (Å²) < 4.78 is 13.5. The highest BCUT2D eigenvalue weighted by Crippen LogP contribution is 2.35. The Bertz CT molecular complexity index is 825. The first-order chi connectivity index (χ1) is 12.1. The van der Waals surface area contributed by atoms with Gasteiger partial charge in [0, 0.05) is 30.6 Å². The normalized spacial score (nSPS) is 19.7. The summed E-state index contributed by atoms with van der Waals surface area (Å²) >= 11 is 0. The van der Waals surface area contributed by atoms with Gasteiger partial charge in [-0.25, -0.2) is 4.98 Å². The van der Waals surface area contributed by atoms with Gasteiger partial charge in [-0.15, -0.1) is 0 Å². The number of hydrogen-bond acceptors (Lipinski definition) is 6. The van der Waals surface area contributed by atoms with Gasteiger partial charge >= 0.3 is 6.01 Å². The molecule has 1 saturated heterocycles. The maximum atomic E-state index is 5.83. The molecule has 8 heteroatoms. The van der Waals surface area contributed by atoms with Gasteiger partial charge in [0.15, 0.2) is 0 Å². The lowest BCUT2D eigenvalue weighted by molar-refractivity contribution is -0.0604. The van der Waals surface area contributed by atoms with Crippen LogP contribution in [0.3, 0.4) is 0 Å². The van der Waals surface area contributed by atoms with Gasteiger partial charge in [-0.1, -0.05) is 10.2 Å². The molecule has 1 N–H and O–H groups in total. The molecule has 0 unspecified atom stereocenters. The van der Waals surface area contributed by atoms with Crippen LogP contribution >= 0.6 is 0 Å². The number of rotatable bonds is 4. The van der Waals surface area contributed by atoms with Crippen molar-refractivity contribution >= 4 is 0 Å². The Kier molecular flexibility index (Phi) is 3.96. The van der Waals surface area contributed by atoms with Gasteiger partial charge in [-0.3, -0.25) is 0 Å². The van der Waals surface area contributed by atoms with Crippen LogP contribution in [0.2, 0.25) is 0 Å². The minimum atomic E-state index is -0.109. The SMILES string of the molecule is CC1(C)C[C@@H](c2nccn2-c2ccc(Oc3nn[nH]n3)cc2)CCO1. The Hall–Kier alpha value is -2.74. The number of hydrogen-bond donors (Lipinski definition) is 1. The standard InChI is InChI=1S/C17H20N6O2/c1-17(2)11-12(7-10-24-17)15-18-8-9-23(15)13-3-5-14(6-4-13)25-16-19-21-22-20-16/h3-6,8-9,12H,7,10-11H2,1-2H3,(H,19,20,21,22)/t12-/m0/s1. The molecule has 0 amide bonds. The van der Waals surface area contributed by atoms with Gasteiger partial charge in [0.1, 0.15) is 11.6 Å². The highest BCUT2D eigenvalue weighted by atomic mass is 16.5. The largest absolute Gasteiger partial charge is 0.422 e. The third-order valence-corrected chi connectivity index (χ3v) is 4.38. The lowest BCUT2D eigenvalue weighted by Crippen LogP contribution is -2.33. The fraction of sp³-hybridized carbons (Fsp3) is 0.412. The number of aromatic nitrogens is 6. The second-order valence-electron chi connectivity index (χ2n) is 6.74. The molecule has 0 saturated carbocycles. The predicted molar refractivity (Wildman–Crippen MR) is 89.8 cm³/mol. The van der Waals surface area contributed by atoms with Crippen molar-refractivity contribution in [3.8, 4) is 17.4 Å². The third kappa shape index (κ3) is 3.39. The number of nitrogens with one attached hydrogen (secondary N) is 1. The van der Waals surface area contributed by atoms with E-state index in [2.05, 4.69) is 44.0 Å². The zero-order chi connectivity index (χ0) is 17.3. The molecular formula is C17H20N6O2. The van der Waals surface area contributed by atoms with E-state index in [1.54, 1.807) is 0 Å². The van der Waals surface area contributed by atoms with Gasteiger partial charge in [0.2, 0.25) is 0 Å². The van der Waals surface area contributed by atoms with Crippen molar-refractivity contribution in [3.05, 3.63) is 42.5 Å². The second-order valence-corrected chi connectivity index (χ2v) is 6.74. The number of imidazole rings is 1. The zero-order valence-corrected chi connectivity index (χ0v) is 14.2. The minimum Gasteiger partial charge on any atom is -0.422 e. The van der Waals surface area contributed by atoms with E-state index < -0.39 is 0 Å². The molecule has 0 spiro atoms. The maximum Gasteiger partial charge on any atom is 0.361 e. The first-order valence-corrected chi connectivity index (χ1v) is 8.30. The van der Waals surface area contributed by atoms with Gasteiger partial charge in [0.05, 0.1) is 5.60 Å². The summed E-state index contributed by atoms with van der Waals surface area (Å²) in [6.07, 6.45) is 5.79. The molecule has 3 heterocycles. The lowest BCUT2D eigenvalue weighted by atomic mass is 9.88. The Morgan fingerprint density at radius 1 is 1.28 bits per heavy atom. The van der Waals surface area contributed by atoms with Crippen molar-refractivity contribution in [1.29, 1.82) is 0 Å². The summed E-state index contributed by atoms with van der Waals surface area (Å²) in [4.78, 5) is 4.61. The smallest absolute Gasteiger partial charge is 0.361 e. The van der Waals surface area contributed by atoms with E-state index in [1.165, 1.54) is 0 Å². The molecule has 1 atom stereocenters. The van der Waals surface area contributed by atoms with Crippen LogP contribution in [-0.2, 0) is 4.74 Å². The molecule has 1 fully saturated rings. The topological polar surface area (TPSA) is 90.7 Å². The van der Waals surface area contributed by atoms with Crippen LogP contribution in [0.5, 0.6) is 11.8 Å². The molecule has 130 valence electrons. The van der Waals surface area contributed by atoms with Crippen LogP contribution in [0.1, 0.15) is 38.4 Å². The lowest BCUT2D eigenvalue weighted by Gasteiger charge is -2.35. The molecule has 0 bridgehead atoms. The van der Waals surface area contributed by atoms with E-state index in [-0.39, 0.29) is 11.6 Å². The first kappa shape index (κ1) is 15.8. The summed E-state index contributed by atoms with van der Waals surface area (Å²) in [6.45, 7) is 5.04. The Morgan fingerprint density at radius 3 is 2.84 bits per heavy atom. The molecular weight excluding hydrogens is 320 g/mol. The van der Waals surface area contributed by atoms with Crippen molar-refractivity contribution in [2.24, 2.45) is 0 Å². The van der Waals surface area contributed by atoms with Crippen LogP contribution in [0, 0.1) is 0 Å². The minimum absolute atomic E-state index is 0.109. The van der Waals surface area contributed by atoms with Gasteiger partial charge < -0.3 is 14.0 Å². The van der Waals surface area contributed by atoms with Crippen LogP contribution < -0.4 is 4.74 Å². The van der Waals surface area contributed by atoms with Crippen LogP contribution in [-0.4, -0.2) is 42.4 Å². The number of H-pyrrole nitrogens is 1. The number of tetrazole rings is 1. The van der Waals surface area contributed by atoms with Crippen LogP contribution in [0.4, 0.5) is 0 Å². The molecule has 25 heavy (non-hydrogen) atoms. The fourth-order valence-electron chi connectivity index (χ4n) is 3.26. The quantitative estimate of drug-likeness (QED) is 0.785. The Balaban J connectivity index is 1.55. The summed E-state index contributed by atoms with van der Waals surface area (Å²) in [7, 11) is 0. The average molecular weight is 340 g/mol. The predicted octanol–water partition coefficient (Wildman–Crippen LogP) is 2.85. The molecule has 3 aromatic rings. The Labute approximate surface area is 145 Å². The first-order valence-electron chi connectivity index (χ1n) is 8.30. The van der Waals surface area contributed by atoms with Crippen molar-refractivity contribution in [3.63, 3.8) is 0 Å². The number of benzene rings is 1. The molecule has 2 aromatic heterocycles. The average Bonchev–Trinajstić information content (AvgIpc) is 3.26. The van der Waals surface area contributed by atoms with Gasteiger partial charge in [0.25, 0.3) is 0 Å². The van der Waals surface area contributed by atoms with E-state index in [0.29, 0.717) is 11.7 Å². The number of nitrogens with zero attached hydrogens (tertiary/aromatic N) is 5. The molecule has 1 aliphatic rings. The fourth-order valence-corrected chi connectivity index (χ4v) is 3.26. The molecule has 0 radical (unpaired) electrons. The monoisotopic (exact) mass is 340 g/mol. The molecule has 1 aliphatic heterocycles. The van der Waals surface area contributed by atoms with Crippen LogP contribution in [0.25, 0.3) is 5.69 Å². The van der Waals surface area contributed by atoms with E-state index in [4.69, 9.17) is 9.47 Å². The summed E-state index contributed by atoms with van der Waals surface area (Å²) in [5.41, 5.74) is 0.930. The third-order valence-electron chi connectivity index (χ3n) is 4.38. The molecule has 8 nitrogen and oxygen atoms in total.